The molecule has 17 heavy (non-hydrogen) atoms. The molecule has 0 aromatic rings. The second-order valence-corrected chi connectivity index (χ2v) is 3.73. The maximum absolute atomic E-state index is 2.99. The molecule has 2 aliphatic rings. The van der Waals surface area contributed by atoms with Gasteiger partial charge in [0.2, 0.25) is 0 Å². The zero-order valence-corrected chi connectivity index (χ0v) is 14.3. The first kappa shape index (κ1) is 22.6. The molecule has 5 heteroatoms. The van der Waals surface area contributed by atoms with Crippen molar-refractivity contribution in [1.29, 1.82) is 0 Å². The molecule has 0 fully saturated rings. The van der Waals surface area contributed by atoms with Crippen molar-refractivity contribution in [1.82, 2.24) is 4.81 Å². The van der Waals surface area contributed by atoms with Crippen molar-refractivity contribution in [3.63, 3.8) is 0 Å². The molecule has 92 valence electrons. The predicted octanol–water partition coefficient (Wildman–Crippen LogP) is 3.08. The number of hydrogen-bond donors (Lipinski definition) is 0. The summed E-state index contributed by atoms with van der Waals surface area (Å²) in [5, 5.41) is 0. The molecule has 0 atom stereocenters. The first-order chi connectivity index (χ1) is 7.27. The fourth-order valence-electron chi connectivity index (χ4n) is 0.680. The van der Waals surface area contributed by atoms with Gasteiger partial charge >= 0.3 is 47.4 Å². The van der Waals surface area contributed by atoms with E-state index in [2.05, 4.69) is 28.8 Å². The third-order valence-electron chi connectivity index (χ3n) is 1.43. The zero-order valence-electron chi connectivity index (χ0n) is 10.2. The summed E-state index contributed by atoms with van der Waals surface area (Å²) in [6.07, 6.45) is 20.0. The molecule has 0 amide bonds. The Kier molecular flexibility index (Phi) is 25.0. The van der Waals surface area contributed by atoms with Crippen LogP contribution < -0.4 is 0 Å². The van der Waals surface area contributed by atoms with Crippen molar-refractivity contribution in [2.75, 3.05) is 14.1 Å². The Labute approximate surface area is 133 Å². The third kappa shape index (κ3) is 22.2. The fraction of sp³-hybridized carbons (Fsp3) is 0.333. The average molecular weight is 349 g/mol. The quantitative estimate of drug-likeness (QED) is 0.520. The van der Waals surface area contributed by atoms with Gasteiger partial charge in [0.1, 0.15) is 0 Å². The average Bonchev–Trinajstić information content (AvgIpc) is 2.96. The van der Waals surface area contributed by atoms with Crippen LogP contribution in [0.25, 0.3) is 0 Å². The van der Waals surface area contributed by atoms with Crippen molar-refractivity contribution in [2.45, 2.75) is 12.8 Å². The van der Waals surface area contributed by atoms with E-state index in [1.54, 1.807) is 0 Å². The molecule has 0 aromatic carbocycles. The second kappa shape index (κ2) is 18.8. The van der Waals surface area contributed by atoms with E-state index >= 15 is 0 Å². The molecule has 2 rings (SSSR count). The van der Waals surface area contributed by atoms with Gasteiger partial charge in [0, 0.05) is 0 Å². The Balaban J connectivity index is -0.000000163. The molecule has 0 spiro atoms. The standard InChI is InChI=1S/2C5H5.C2H6BN.2ClH.Zr/c2*1-2-4-5-3-1;1-4(2)3;;;/h2*1-3H,4H2;1-2H3;2*1H;/q2*-1;;;;+2. The Bertz CT molecular complexity index is 232. The van der Waals surface area contributed by atoms with Crippen LogP contribution in [-0.2, 0) is 24.0 Å². The van der Waals surface area contributed by atoms with Gasteiger partial charge in [-0.1, -0.05) is 0 Å². The topological polar surface area (TPSA) is 3.24 Å². The first-order valence-electron chi connectivity index (χ1n) is 4.88. The minimum Gasteiger partial charge on any atom is -0.273 e. The maximum Gasteiger partial charge on any atom is -0.109 e. The van der Waals surface area contributed by atoms with Crippen molar-refractivity contribution in [3.8, 4) is 0 Å². The summed E-state index contributed by atoms with van der Waals surface area (Å²) in [5.41, 5.74) is 0. The van der Waals surface area contributed by atoms with Crippen LogP contribution in [0.1, 0.15) is 12.8 Å². The summed E-state index contributed by atoms with van der Waals surface area (Å²) < 4.78 is 2.09. The number of halogens is 2. The summed E-state index contributed by atoms with van der Waals surface area (Å²) in [6.45, 7) is 0. The fourth-order valence-corrected chi connectivity index (χ4v) is 0.680. The van der Waals surface area contributed by atoms with Crippen molar-refractivity contribution in [2.24, 2.45) is 0 Å². The number of rotatable bonds is 1. The Morgan fingerprint density at radius 2 is 1.35 bits per heavy atom. The van der Waals surface area contributed by atoms with Crippen LogP contribution in [-0.4, -0.2) is 23.4 Å². The van der Waals surface area contributed by atoms with Crippen LogP contribution in [0.4, 0.5) is 0 Å². The molecular formula is C12H18BCl2NZr. The van der Waals surface area contributed by atoms with Crippen molar-refractivity contribution >= 4 is 29.3 Å². The van der Waals surface area contributed by atoms with Gasteiger partial charge in [-0.3, -0.25) is 12.2 Å². The molecule has 0 heterocycles. The number of hydrogen-bond acceptors (Lipinski definition) is 1. The molecule has 0 saturated carbocycles. The number of allylic oxidation sites excluding steroid dienone is 8. The smallest absolute Gasteiger partial charge is 0.109 e. The first-order valence-corrected chi connectivity index (χ1v) is 6.29. The Morgan fingerprint density at radius 1 is 1.00 bits per heavy atom. The van der Waals surface area contributed by atoms with Gasteiger partial charge in [-0.15, -0.1) is 37.7 Å². The second-order valence-electron chi connectivity index (χ2n) is 3.10. The Hall–Kier alpha value is 0.448. The molecule has 2 aliphatic carbocycles. The third-order valence-corrected chi connectivity index (χ3v) is 2.70. The molecule has 0 aromatic heterocycles. The summed E-state index contributed by atoms with van der Waals surface area (Å²) in [7, 11) is 4.04. The summed E-state index contributed by atoms with van der Waals surface area (Å²) in [4.78, 5) is 2.04. The molecule has 0 saturated heterocycles. The maximum atomic E-state index is 2.99. The van der Waals surface area contributed by atoms with Crippen LogP contribution in [0.15, 0.2) is 36.5 Å². The van der Waals surface area contributed by atoms with Crippen LogP contribution in [0.2, 0.25) is 0 Å². The molecule has 0 bridgehead atoms. The molecule has 0 aliphatic heterocycles. The van der Waals surface area contributed by atoms with Crippen LogP contribution in [0, 0.1) is 12.2 Å². The molecule has 0 unspecified atom stereocenters. The van der Waals surface area contributed by atoms with Crippen molar-refractivity contribution < 1.29 is 24.0 Å². The van der Waals surface area contributed by atoms with Gasteiger partial charge < -0.3 is 0 Å². The van der Waals surface area contributed by atoms with E-state index in [4.69, 9.17) is 0 Å². The van der Waals surface area contributed by atoms with Crippen molar-refractivity contribution in [3.05, 3.63) is 48.6 Å². The molecular weight excluding hydrogens is 331 g/mol. The van der Waals surface area contributed by atoms with E-state index in [0.29, 0.717) is 0 Å². The normalized spacial score (nSPS) is 12.8. The van der Waals surface area contributed by atoms with E-state index in [-0.39, 0.29) is 24.8 Å². The summed E-state index contributed by atoms with van der Waals surface area (Å²) in [5.74, 6) is 0. The van der Waals surface area contributed by atoms with Crippen LogP contribution >= 0.6 is 24.8 Å². The van der Waals surface area contributed by atoms with Gasteiger partial charge in [-0.2, -0.15) is 12.2 Å². The van der Waals surface area contributed by atoms with E-state index in [1.165, 1.54) is 24.0 Å². The van der Waals surface area contributed by atoms with Gasteiger partial charge in [0.15, 0.2) is 0 Å². The van der Waals surface area contributed by atoms with Gasteiger partial charge in [-0.05, 0) is 0 Å². The van der Waals surface area contributed by atoms with Gasteiger partial charge in [0.25, 0.3) is 0 Å². The summed E-state index contributed by atoms with van der Waals surface area (Å²) >= 11 is 1.47. The van der Waals surface area contributed by atoms with E-state index in [9.17, 15) is 0 Å². The van der Waals surface area contributed by atoms with Crippen LogP contribution in [0.5, 0.6) is 0 Å². The minimum absolute atomic E-state index is 0. The SMILES string of the molecule is CN(C)[B]=[Zr+2].Cl.Cl.[C-]1=CC=CC1.[C-]1=CC=CC1. The monoisotopic (exact) mass is 347 g/mol. The predicted molar refractivity (Wildman–Crippen MR) is 77.1 cm³/mol. The van der Waals surface area contributed by atoms with Gasteiger partial charge in [0.05, 0.1) is 0 Å². The van der Waals surface area contributed by atoms with E-state index < -0.39 is 0 Å². The Morgan fingerprint density at radius 3 is 1.41 bits per heavy atom. The molecule has 0 radical (unpaired) electrons. The zero-order chi connectivity index (χ0) is 11.4. The van der Waals surface area contributed by atoms with Gasteiger partial charge in [-0.25, -0.2) is 24.3 Å². The van der Waals surface area contributed by atoms with Crippen LogP contribution in [0.3, 0.4) is 0 Å². The van der Waals surface area contributed by atoms with E-state index in [0.717, 1.165) is 12.8 Å². The molecule has 0 N–H and O–H groups in total. The van der Waals surface area contributed by atoms with E-state index in [1.807, 2.05) is 43.2 Å². The summed E-state index contributed by atoms with van der Waals surface area (Å²) in [6, 6.07) is 0. The number of nitrogens with zero attached hydrogens (tertiary/aromatic N) is 1. The molecule has 1 nitrogen and oxygen atoms in total. The minimum atomic E-state index is 0. The largest absolute Gasteiger partial charge is 0.273 e.